The van der Waals surface area contributed by atoms with E-state index in [0.717, 1.165) is 5.56 Å². The van der Waals surface area contributed by atoms with Crippen LogP contribution in [0.25, 0.3) is 0 Å². The molecule has 0 spiro atoms. The van der Waals surface area contributed by atoms with E-state index >= 15 is 0 Å². The molecule has 0 heterocycles. The first-order chi connectivity index (χ1) is 6.00. The molecule has 1 aromatic rings. The van der Waals surface area contributed by atoms with Gasteiger partial charge in [-0.3, -0.25) is 0 Å². The second-order valence-electron chi connectivity index (χ2n) is 2.82. The number of benzene rings is 1. The van der Waals surface area contributed by atoms with E-state index in [2.05, 4.69) is 4.74 Å². The van der Waals surface area contributed by atoms with Crippen LogP contribution in [0.1, 0.15) is 11.1 Å². The maximum absolute atomic E-state index is 13.2. The van der Waals surface area contributed by atoms with Crippen molar-refractivity contribution >= 4 is 6.09 Å². The molecular weight excluding hydrogens is 173 g/mol. The summed E-state index contributed by atoms with van der Waals surface area (Å²) in [6, 6.07) is 3.08. The fourth-order valence-electron chi connectivity index (χ4n) is 1.09. The molecule has 70 valence electrons. The van der Waals surface area contributed by atoms with Gasteiger partial charge in [-0.2, -0.15) is 0 Å². The number of halogens is 1. The highest BCUT2D eigenvalue weighted by atomic mass is 19.1. The van der Waals surface area contributed by atoms with E-state index in [0.29, 0.717) is 5.56 Å². The highest BCUT2D eigenvalue weighted by Crippen LogP contribution is 2.22. The Morgan fingerprint density at radius 1 is 1.46 bits per heavy atom. The Kier molecular flexibility index (Phi) is 2.51. The first-order valence-electron chi connectivity index (χ1n) is 3.74. The minimum absolute atomic E-state index is 0.120. The number of nitrogens with two attached hydrogens (primary N) is 1. The molecule has 2 N–H and O–H groups in total. The smallest absolute Gasteiger partial charge is 0.407 e. The van der Waals surface area contributed by atoms with Gasteiger partial charge in [0.2, 0.25) is 0 Å². The zero-order valence-corrected chi connectivity index (χ0v) is 7.43. The molecule has 4 heteroatoms. The second kappa shape index (κ2) is 3.43. The van der Waals surface area contributed by atoms with Crippen molar-refractivity contribution in [3.8, 4) is 5.75 Å². The lowest BCUT2D eigenvalue weighted by Crippen LogP contribution is -2.17. The summed E-state index contributed by atoms with van der Waals surface area (Å²) in [5.41, 5.74) is 6.01. The molecule has 0 aliphatic carbocycles. The van der Waals surface area contributed by atoms with Crippen LogP contribution in [0, 0.1) is 19.7 Å². The van der Waals surface area contributed by atoms with Crippen LogP contribution < -0.4 is 10.5 Å². The molecule has 1 rings (SSSR count). The third-order valence-corrected chi connectivity index (χ3v) is 1.58. The van der Waals surface area contributed by atoms with Gasteiger partial charge in [0, 0.05) is 0 Å². The lowest BCUT2D eigenvalue weighted by atomic mass is 10.1. The van der Waals surface area contributed by atoms with Crippen molar-refractivity contribution < 1.29 is 13.9 Å². The fourth-order valence-corrected chi connectivity index (χ4v) is 1.09. The summed E-state index contributed by atoms with van der Waals surface area (Å²) in [6.45, 7) is 3.37. The van der Waals surface area contributed by atoms with E-state index in [9.17, 15) is 9.18 Å². The Bertz CT molecular complexity index is 350. The number of hydrogen-bond donors (Lipinski definition) is 1. The van der Waals surface area contributed by atoms with Gasteiger partial charge in [-0.15, -0.1) is 0 Å². The number of carbonyl (C=O) groups is 1. The summed E-state index contributed by atoms with van der Waals surface area (Å²) >= 11 is 0. The predicted molar refractivity (Wildman–Crippen MR) is 46.1 cm³/mol. The summed E-state index contributed by atoms with van der Waals surface area (Å²) in [5.74, 6) is -0.672. The molecule has 1 amide bonds. The first-order valence-corrected chi connectivity index (χ1v) is 3.74. The van der Waals surface area contributed by atoms with Gasteiger partial charge in [0.25, 0.3) is 0 Å². The van der Waals surface area contributed by atoms with E-state index in [-0.39, 0.29) is 5.75 Å². The summed E-state index contributed by atoms with van der Waals surface area (Å²) in [4.78, 5) is 10.4. The van der Waals surface area contributed by atoms with Gasteiger partial charge in [0.05, 0.1) is 0 Å². The van der Waals surface area contributed by atoms with Crippen LogP contribution in [-0.2, 0) is 0 Å². The van der Waals surface area contributed by atoms with Crippen LogP contribution in [0.15, 0.2) is 12.1 Å². The van der Waals surface area contributed by atoms with Crippen LogP contribution in [0.2, 0.25) is 0 Å². The van der Waals surface area contributed by atoms with Crippen LogP contribution in [0.4, 0.5) is 9.18 Å². The molecule has 3 nitrogen and oxygen atoms in total. The van der Waals surface area contributed by atoms with Gasteiger partial charge in [0.1, 0.15) is 0 Å². The van der Waals surface area contributed by atoms with Crippen molar-refractivity contribution in [2.24, 2.45) is 5.73 Å². The lowest BCUT2D eigenvalue weighted by Gasteiger charge is -2.05. The maximum atomic E-state index is 13.2. The molecular formula is C9H10FNO2. The Morgan fingerprint density at radius 2 is 2.08 bits per heavy atom. The Balaban J connectivity index is 3.12. The predicted octanol–water partition coefficient (Wildman–Crippen LogP) is 1.90. The quantitative estimate of drug-likeness (QED) is 0.722. The molecule has 0 atom stereocenters. The summed E-state index contributed by atoms with van der Waals surface area (Å²) in [6.07, 6.45) is -1.01. The zero-order valence-electron chi connectivity index (χ0n) is 7.43. The third kappa shape index (κ3) is 2.18. The van der Waals surface area contributed by atoms with Crippen molar-refractivity contribution in [2.75, 3.05) is 0 Å². The molecule has 0 aromatic heterocycles. The van der Waals surface area contributed by atoms with Gasteiger partial charge in [0.15, 0.2) is 11.6 Å². The minimum atomic E-state index is -1.01. The highest BCUT2D eigenvalue weighted by Gasteiger charge is 2.09. The zero-order chi connectivity index (χ0) is 10.0. The SMILES string of the molecule is Cc1cc(C)c(F)c(OC(N)=O)c1. The van der Waals surface area contributed by atoms with Gasteiger partial charge >= 0.3 is 6.09 Å². The average Bonchev–Trinajstić information content (AvgIpc) is 1.98. The molecule has 0 aliphatic heterocycles. The van der Waals surface area contributed by atoms with Crippen molar-refractivity contribution in [1.29, 1.82) is 0 Å². The van der Waals surface area contributed by atoms with Gasteiger partial charge in [-0.1, -0.05) is 6.07 Å². The first kappa shape index (κ1) is 9.51. The second-order valence-corrected chi connectivity index (χ2v) is 2.82. The van der Waals surface area contributed by atoms with Crippen molar-refractivity contribution in [3.63, 3.8) is 0 Å². The van der Waals surface area contributed by atoms with E-state index < -0.39 is 11.9 Å². The average molecular weight is 183 g/mol. The Labute approximate surface area is 75.3 Å². The van der Waals surface area contributed by atoms with Gasteiger partial charge in [-0.25, -0.2) is 9.18 Å². The molecule has 0 unspecified atom stereocenters. The Morgan fingerprint density at radius 3 is 2.62 bits per heavy atom. The molecule has 1 aromatic carbocycles. The molecule has 0 aliphatic rings. The van der Waals surface area contributed by atoms with Gasteiger partial charge in [-0.05, 0) is 31.0 Å². The van der Waals surface area contributed by atoms with Crippen molar-refractivity contribution in [1.82, 2.24) is 0 Å². The summed E-state index contributed by atoms with van der Waals surface area (Å²) in [7, 11) is 0. The van der Waals surface area contributed by atoms with Crippen LogP contribution in [0.3, 0.4) is 0 Å². The molecule has 0 saturated carbocycles. The standard InChI is InChI=1S/C9H10FNO2/c1-5-3-6(2)8(10)7(4-5)13-9(11)12/h3-4H,1-2H3,(H2,11,12). The van der Waals surface area contributed by atoms with Crippen LogP contribution in [-0.4, -0.2) is 6.09 Å². The summed E-state index contributed by atoms with van der Waals surface area (Å²) in [5, 5.41) is 0. The van der Waals surface area contributed by atoms with E-state index in [1.807, 2.05) is 0 Å². The number of rotatable bonds is 1. The molecule has 0 saturated heterocycles. The van der Waals surface area contributed by atoms with E-state index in [1.165, 1.54) is 6.07 Å². The fraction of sp³-hybridized carbons (Fsp3) is 0.222. The lowest BCUT2D eigenvalue weighted by molar-refractivity contribution is 0.208. The van der Waals surface area contributed by atoms with Crippen LogP contribution in [0.5, 0.6) is 5.75 Å². The topological polar surface area (TPSA) is 52.3 Å². The number of carbonyl (C=O) groups excluding carboxylic acids is 1. The highest BCUT2D eigenvalue weighted by molar-refractivity contribution is 5.68. The maximum Gasteiger partial charge on any atom is 0.410 e. The van der Waals surface area contributed by atoms with Crippen molar-refractivity contribution in [2.45, 2.75) is 13.8 Å². The molecule has 0 fully saturated rings. The number of amides is 1. The van der Waals surface area contributed by atoms with Crippen molar-refractivity contribution in [3.05, 3.63) is 29.1 Å². The number of primary amides is 1. The molecule has 13 heavy (non-hydrogen) atoms. The summed E-state index contributed by atoms with van der Waals surface area (Å²) < 4.78 is 17.7. The minimum Gasteiger partial charge on any atom is -0.407 e. The third-order valence-electron chi connectivity index (χ3n) is 1.58. The normalized spacial score (nSPS) is 9.77. The van der Waals surface area contributed by atoms with Crippen LogP contribution >= 0.6 is 0 Å². The molecule has 0 bridgehead atoms. The van der Waals surface area contributed by atoms with E-state index in [1.54, 1.807) is 19.9 Å². The largest absolute Gasteiger partial charge is 0.410 e. The number of hydrogen-bond acceptors (Lipinski definition) is 2. The monoisotopic (exact) mass is 183 g/mol. The molecule has 0 radical (unpaired) electrons. The van der Waals surface area contributed by atoms with Gasteiger partial charge < -0.3 is 10.5 Å². The number of aryl methyl sites for hydroxylation is 2. The van der Waals surface area contributed by atoms with E-state index in [4.69, 9.17) is 5.73 Å². The Hall–Kier alpha value is -1.58. The number of ether oxygens (including phenoxy) is 1.